The summed E-state index contributed by atoms with van der Waals surface area (Å²) >= 11 is 5.93. The van der Waals surface area contributed by atoms with Crippen LogP contribution in [-0.2, 0) is 14.3 Å². The Balaban J connectivity index is 2.12. The second-order valence-electron chi connectivity index (χ2n) is 5.42. The molecule has 1 N–H and O–H groups in total. The maximum Gasteiger partial charge on any atom is 0.339 e. The Hall–Kier alpha value is -3.06. The molecule has 0 radical (unpaired) electrons. The van der Waals surface area contributed by atoms with Crippen molar-refractivity contribution in [3.8, 4) is 5.75 Å². The van der Waals surface area contributed by atoms with Crippen molar-refractivity contribution in [3.05, 3.63) is 58.6 Å². The molecule has 0 aliphatic heterocycles. The third-order valence-electron chi connectivity index (χ3n) is 3.62. The van der Waals surface area contributed by atoms with Crippen LogP contribution in [0, 0.1) is 0 Å². The maximum absolute atomic E-state index is 12.4. The first kappa shape index (κ1) is 20.3. The van der Waals surface area contributed by atoms with Gasteiger partial charge in [-0.05, 0) is 37.3 Å². The van der Waals surface area contributed by atoms with Gasteiger partial charge in [-0.1, -0.05) is 23.7 Å². The molecule has 1 unspecified atom stereocenters. The minimum Gasteiger partial charge on any atom is -0.495 e. The fourth-order valence-corrected chi connectivity index (χ4v) is 2.41. The molecular weight excluding hydrogens is 374 g/mol. The van der Waals surface area contributed by atoms with Gasteiger partial charge in [0.15, 0.2) is 6.10 Å². The smallest absolute Gasteiger partial charge is 0.339 e. The van der Waals surface area contributed by atoms with Gasteiger partial charge in [0.1, 0.15) is 5.75 Å². The standard InChI is InChI=1S/C19H18ClNO6/c1-11(17(22)21-15-10-12(20)8-9-16(15)25-2)27-19(24)14-7-5-4-6-13(14)18(23)26-3/h4-11H,1-3H3,(H,21,22). The van der Waals surface area contributed by atoms with Crippen molar-refractivity contribution in [2.75, 3.05) is 19.5 Å². The Kier molecular flexibility index (Phi) is 6.79. The van der Waals surface area contributed by atoms with Crippen LogP contribution in [0.1, 0.15) is 27.6 Å². The van der Waals surface area contributed by atoms with Gasteiger partial charge in [0.25, 0.3) is 5.91 Å². The van der Waals surface area contributed by atoms with Crippen molar-refractivity contribution in [1.29, 1.82) is 0 Å². The van der Waals surface area contributed by atoms with Gasteiger partial charge in [0, 0.05) is 5.02 Å². The van der Waals surface area contributed by atoms with Crippen LogP contribution >= 0.6 is 11.6 Å². The molecule has 0 aromatic heterocycles. The number of rotatable bonds is 6. The number of esters is 2. The van der Waals surface area contributed by atoms with E-state index in [1.54, 1.807) is 24.3 Å². The van der Waals surface area contributed by atoms with Crippen molar-refractivity contribution in [2.45, 2.75) is 13.0 Å². The summed E-state index contributed by atoms with van der Waals surface area (Å²) in [5, 5.41) is 3.00. The Morgan fingerprint density at radius 1 is 1.00 bits per heavy atom. The van der Waals surface area contributed by atoms with E-state index in [2.05, 4.69) is 10.1 Å². The molecular formula is C19H18ClNO6. The molecule has 0 bridgehead atoms. The number of anilines is 1. The van der Waals surface area contributed by atoms with Crippen LogP contribution in [0.2, 0.25) is 5.02 Å². The molecule has 0 spiro atoms. The Bertz CT molecular complexity index is 867. The summed E-state index contributed by atoms with van der Waals surface area (Å²) in [4.78, 5) is 36.5. The van der Waals surface area contributed by atoms with E-state index in [0.29, 0.717) is 16.5 Å². The monoisotopic (exact) mass is 391 g/mol. The van der Waals surface area contributed by atoms with E-state index in [1.165, 1.54) is 39.3 Å². The Labute approximate surface area is 161 Å². The number of carbonyl (C=O) groups excluding carboxylic acids is 3. The van der Waals surface area contributed by atoms with Gasteiger partial charge in [-0.3, -0.25) is 4.79 Å². The lowest BCUT2D eigenvalue weighted by molar-refractivity contribution is -0.123. The zero-order valence-corrected chi connectivity index (χ0v) is 15.7. The molecule has 0 aliphatic carbocycles. The van der Waals surface area contributed by atoms with Gasteiger partial charge in [0.2, 0.25) is 0 Å². The number of halogens is 1. The first-order valence-corrected chi connectivity index (χ1v) is 8.28. The quantitative estimate of drug-likeness (QED) is 0.759. The second-order valence-corrected chi connectivity index (χ2v) is 5.85. The fourth-order valence-electron chi connectivity index (χ4n) is 2.24. The number of carbonyl (C=O) groups is 3. The first-order valence-electron chi connectivity index (χ1n) is 7.90. The average molecular weight is 392 g/mol. The van der Waals surface area contributed by atoms with Crippen LogP contribution in [0.3, 0.4) is 0 Å². The van der Waals surface area contributed by atoms with E-state index in [1.807, 2.05) is 0 Å². The summed E-state index contributed by atoms with van der Waals surface area (Å²) in [6, 6.07) is 10.7. The number of hydrogen-bond donors (Lipinski definition) is 1. The molecule has 0 saturated carbocycles. The highest BCUT2D eigenvalue weighted by molar-refractivity contribution is 6.31. The Morgan fingerprint density at radius 3 is 2.22 bits per heavy atom. The maximum atomic E-state index is 12.4. The molecule has 8 heteroatoms. The highest BCUT2D eigenvalue weighted by atomic mass is 35.5. The molecule has 2 rings (SSSR count). The van der Waals surface area contributed by atoms with Crippen LogP contribution in [0.25, 0.3) is 0 Å². The summed E-state index contributed by atoms with van der Waals surface area (Å²) in [6.07, 6.45) is -1.13. The topological polar surface area (TPSA) is 90.9 Å². The van der Waals surface area contributed by atoms with Crippen LogP contribution in [0.15, 0.2) is 42.5 Å². The minimum absolute atomic E-state index is 0.00401. The predicted molar refractivity (Wildman–Crippen MR) is 99.3 cm³/mol. The number of methoxy groups -OCH3 is 2. The average Bonchev–Trinajstić information content (AvgIpc) is 2.67. The molecule has 1 amide bonds. The molecule has 142 valence electrons. The van der Waals surface area contributed by atoms with Crippen molar-refractivity contribution in [1.82, 2.24) is 0 Å². The molecule has 1 atom stereocenters. The zero-order valence-electron chi connectivity index (χ0n) is 14.9. The molecule has 0 aliphatic rings. The highest BCUT2D eigenvalue weighted by Crippen LogP contribution is 2.28. The summed E-state index contributed by atoms with van der Waals surface area (Å²) < 4.78 is 15.0. The molecule has 0 fully saturated rings. The second kappa shape index (κ2) is 9.05. The van der Waals surface area contributed by atoms with Gasteiger partial charge < -0.3 is 19.5 Å². The van der Waals surface area contributed by atoms with E-state index >= 15 is 0 Å². The third-order valence-corrected chi connectivity index (χ3v) is 3.86. The van der Waals surface area contributed by atoms with Crippen molar-refractivity contribution < 1.29 is 28.6 Å². The normalized spacial score (nSPS) is 11.3. The SMILES string of the molecule is COC(=O)c1ccccc1C(=O)OC(C)C(=O)Nc1cc(Cl)ccc1OC. The minimum atomic E-state index is -1.13. The number of ether oxygens (including phenoxy) is 3. The lowest BCUT2D eigenvalue weighted by Crippen LogP contribution is -2.30. The summed E-state index contributed by atoms with van der Waals surface area (Å²) in [7, 11) is 2.66. The first-order chi connectivity index (χ1) is 12.9. The number of nitrogens with one attached hydrogen (secondary N) is 1. The van der Waals surface area contributed by atoms with Gasteiger partial charge in [-0.25, -0.2) is 9.59 Å². The summed E-state index contributed by atoms with van der Waals surface area (Å²) in [5.41, 5.74) is 0.395. The van der Waals surface area contributed by atoms with Crippen LogP contribution in [0.4, 0.5) is 5.69 Å². The lowest BCUT2D eigenvalue weighted by atomic mass is 10.1. The van der Waals surface area contributed by atoms with E-state index in [-0.39, 0.29) is 11.1 Å². The van der Waals surface area contributed by atoms with Crippen LogP contribution < -0.4 is 10.1 Å². The van der Waals surface area contributed by atoms with Gasteiger partial charge in [-0.15, -0.1) is 0 Å². The van der Waals surface area contributed by atoms with E-state index < -0.39 is 23.9 Å². The molecule has 2 aromatic rings. The van der Waals surface area contributed by atoms with Crippen LogP contribution in [0.5, 0.6) is 5.75 Å². The number of benzene rings is 2. The lowest BCUT2D eigenvalue weighted by Gasteiger charge is -2.16. The zero-order chi connectivity index (χ0) is 20.0. The number of hydrogen-bond acceptors (Lipinski definition) is 6. The molecule has 7 nitrogen and oxygen atoms in total. The third kappa shape index (κ3) is 4.98. The van der Waals surface area contributed by atoms with Crippen LogP contribution in [-0.4, -0.2) is 38.2 Å². The van der Waals surface area contributed by atoms with E-state index in [4.69, 9.17) is 21.1 Å². The number of amides is 1. The van der Waals surface area contributed by atoms with E-state index in [0.717, 1.165) is 0 Å². The largest absolute Gasteiger partial charge is 0.495 e. The molecule has 0 heterocycles. The molecule has 0 saturated heterocycles. The Morgan fingerprint density at radius 2 is 1.63 bits per heavy atom. The molecule has 27 heavy (non-hydrogen) atoms. The van der Waals surface area contributed by atoms with Crippen molar-refractivity contribution >= 4 is 35.1 Å². The van der Waals surface area contributed by atoms with Gasteiger partial charge in [-0.2, -0.15) is 0 Å². The van der Waals surface area contributed by atoms with Gasteiger partial charge >= 0.3 is 11.9 Å². The fraction of sp³-hybridized carbons (Fsp3) is 0.211. The summed E-state index contributed by atoms with van der Waals surface area (Å²) in [6.45, 7) is 1.41. The molecule has 2 aromatic carbocycles. The summed E-state index contributed by atoms with van der Waals surface area (Å²) in [5.74, 6) is -1.68. The van der Waals surface area contributed by atoms with Gasteiger partial charge in [0.05, 0.1) is 31.0 Å². The highest BCUT2D eigenvalue weighted by Gasteiger charge is 2.23. The van der Waals surface area contributed by atoms with Crippen molar-refractivity contribution in [3.63, 3.8) is 0 Å². The van der Waals surface area contributed by atoms with Crippen molar-refractivity contribution in [2.24, 2.45) is 0 Å². The predicted octanol–water partition coefficient (Wildman–Crippen LogP) is 3.32. The van der Waals surface area contributed by atoms with E-state index in [9.17, 15) is 14.4 Å².